The minimum absolute atomic E-state index is 0.0270. The van der Waals surface area contributed by atoms with Gasteiger partial charge in [-0.2, -0.15) is 22.8 Å². The number of aromatic nitrogens is 3. The van der Waals surface area contributed by atoms with Gasteiger partial charge < -0.3 is 10.4 Å². The van der Waals surface area contributed by atoms with Crippen LogP contribution in [0.2, 0.25) is 0 Å². The van der Waals surface area contributed by atoms with Gasteiger partial charge in [0.25, 0.3) is 11.5 Å². The summed E-state index contributed by atoms with van der Waals surface area (Å²) in [6, 6.07) is 0.0270. The lowest BCUT2D eigenvalue weighted by Crippen LogP contribution is -2.39. The molecule has 2 aliphatic rings. The number of likely N-dealkylation sites (tertiary alicyclic amines) is 1. The molecule has 0 aromatic carbocycles. The van der Waals surface area contributed by atoms with E-state index in [9.17, 15) is 27.9 Å². The summed E-state index contributed by atoms with van der Waals surface area (Å²) in [6.45, 7) is 4.11. The normalized spacial score (nSPS) is 18.4. The van der Waals surface area contributed by atoms with E-state index in [0.29, 0.717) is 43.7 Å². The van der Waals surface area contributed by atoms with Crippen LogP contribution in [-0.2, 0) is 6.54 Å². The Kier molecular flexibility index (Phi) is 6.75. The summed E-state index contributed by atoms with van der Waals surface area (Å²) < 4.78 is 40.5. The van der Waals surface area contributed by atoms with Crippen molar-refractivity contribution >= 4 is 17.6 Å². The number of halogens is 3. The first kappa shape index (κ1) is 24.3. The van der Waals surface area contributed by atoms with Crippen LogP contribution in [0.5, 0.6) is 5.88 Å². The van der Waals surface area contributed by atoms with Crippen molar-refractivity contribution < 1.29 is 23.1 Å². The van der Waals surface area contributed by atoms with Crippen molar-refractivity contribution in [3.05, 3.63) is 33.8 Å². The predicted molar refractivity (Wildman–Crippen MR) is 121 cm³/mol. The summed E-state index contributed by atoms with van der Waals surface area (Å²) in [5.74, 6) is -0.786. The number of hydrogen-bond donors (Lipinski definition) is 2. The number of fused-ring (bicyclic) bond motifs is 1. The molecular formula is C23H30F3N5O3. The average molecular weight is 482 g/mol. The van der Waals surface area contributed by atoms with Crippen molar-refractivity contribution in [3.8, 4) is 5.88 Å². The van der Waals surface area contributed by atoms with Crippen molar-refractivity contribution in [2.75, 3.05) is 19.6 Å². The lowest BCUT2D eigenvalue weighted by Gasteiger charge is -2.31. The largest absolute Gasteiger partial charge is 0.494 e. The molecule has 1 saturated heterocycles. The molecule has 2 N–H and O–H groups in total. The van der Waals surface area contributed by atoms with Crippen LogP contribution in [0, 0.1) is 11.8 Å². The molecule has 1 saturated carbocycles. The number of aromatic hydroxyl groups is 1. The fraction of sp³-hybridized carbons (Fsp3) is 0.609. The molecule has 0 unspecified atom stereocenters. The number of alkyl halides is 3. The van der Waals surface area contributed by atoms with Gasteiger partial charge in [-0.3, -0.25) is 19.1 Å². The van der Waals surface area contributed by atoms with E-state index < -0.39 is 24.2 Å². The number of piperidine rings is 1. The van der Waals surface area contributed by atoms with E-state index in [1.807, 2.05) is 19.9 Å². The predicted octanol–water partition coefficient (Wildman–Crippen LogP) is 3.04. The van der Waals surface area contributed by atoms with Gasteiger partial charge in [-0.15, -0.1) is 0 Å². The molecule has 0 radical (unpaired) electrons. The van der Waals surface area contributed by atoms with Crippen LogP contribution in [0.1, 0.15) is 55.5 Å². The van der Waals surface area contributed by atoms with Gasteiger partial charge in [-0.25, -0.2) is 0 Å². The summed E-state index contributed by atoms with van der Waals surface area (Å²) in [6.07, 6.45) is 3.92. The van der Waals surface area contributed by atoms with Crippen LogP contribution >= 0.6 is 0 Å². The van der Waals surface area contributed by atoms with Crippen LogP contribution in [0.4, 0.5) is 13.2 Å². The van der Waals surface area contributed by atoms with Crippen LogP contribution in [0.3, 0.4) is 0 Å². The summed E-state index contributed by atoms with van der Waals surface area (Å²) in [4.78, 5) is 27.1. The van der Waals surface area contributed by atoms with Gasteiger partial charge in [0.1, 0.15) is 5.65 Å². The van der Waals surface area contributed by atoms with E-state index in [4.69, 9.17) is 0 Å². The van der Waals surface area contributed by atoms with E-state index in [1.54, 1.807) is 6.08 Å². The van der Waals surface area contributed by atoms with Gasteiger partial charge in [0.2, 0.25) is 5.88 Å². The third-order valence-electron chi connectivity index (χ3n) is 6.18. The van der Waals surface area contributed by atoms with Crippen LogP contribution in [-0.4, -0.2) is 61.9 Å². The molecule has 0 atom stereocenters. The van der Waals surface area contributed by atoms with Gasteiger partial charge in [-0.1, -0.05) is 26.0 Å². The lowest BCUT2D eigenvalue weighted by atomic mass is 9.96. The van der Waals surface area contributed by atoms with E-state index >= 15 is 0 Å². The molecule has 0 spiro atoms. The van der Waals surface area contributed by atoms with Crippen molar-refractivity contribution in [1.29, 1.82) is 0 Å². The van der Waals surface area contributed by atoms with Gasteiger partial charge in [0.15, 0.2) is 5.56 Å². The number of nitrogens with zero attached hydrogens (tertiary/aromatic N) is 4. The minimum atomic E-state index is -4.20. The smallest absolute Gasteiger partial charge is 0.401 e. The van der Waals surface area contributed by atoms with Crippen molar-refractivity contribution in [2.24, 2.45) is 11.8 Å². The summed E-state index contributed by atoms with van der Waals surface area (Å²) in [7, 11) is 0. The lowest BCUT2D eigenvalue weighted by molar-refractivity contribution is -0.148. The first-order valence-electron chi connectivity index (χ1n) is 11.6. The fourth-order valence-corrected chi connectivity index (χ4v) is 4.35. The zero-order valence-electron chi connectivity index (χ0n) is 19.3. The minimum Gasteiger partial charge on any atom is -0.494 e. The Morgan fingerprint density at radius 2 is 1.94 bits per heavy atom. The average Bonchev–Trinajstić information content (AvgIpc) is 3.45. The molecule has 2 aromatic rings. The zero-order valence-corrected chi connectivity index (χ0v) is 19.3. The number of nitrogens with one attached hydrogen (secondary N) is 1. The number of hydrogen-bond acceptors (Lipinski definition) is 5. The highest BCUT2D eigenvalue weighted by atomic mass is 19.4. The Morgan fingerprint density at radius 1 is 1.26 bits per heavy atom. The standard InChI is InChI=1S/C23H30F3N5O3/c1-14(2)12-30-20-16(4-3-15-7-9-29(10-8-15)13-23(24,25)26)11-27-31(20)22(34)18(21(30)33)19(32)28-17-5-6-17/h3-4,11,14-15,17,33H,5-10,12-13H2,1-2H3,(H,28,32). The third-order valence-corrected chi connectivity index (χ3v) is 6.18. The molecule has 4 rings (SSSR count). The number of carbonyl (C=O) groups excluding carboxylic acids is 1. The second kappa shape index (κ2) is 9.44. The highest BCUT2D eigenvalue weighted by molar-refractivity contribution is 5.96. The Labute approximate surface area is 195 Å². The maximum absolute atomic E-state index is 13.0. The van der Waals surface area contributed by atoms with Crippen LogP contribution < -0.4 is 10.9 Å². The first-order valence-corrected chi connectivity index (χ1v) is 11.6. The molecule has 3 heterocycles. The molecule has 1 aliphatic carbocycles. The molecule has 0 bridgehead atoms. The molecule has 8 nitrogen and oxygen atoms in total. The van der Waals surface area contributed by atoms with Crippen LogP contribution in [0.25, 0.3) is 11.7 Å². The molecule has 11 heteroatoms. The Bertz CT molecular complexity index is 1140. The van der Waals surface area contributed by atoms with Crippen LogP contribution in [0.15, 0.2) is 17.1 Å². The monoisotopic (exact) mass is 481 g/mol. The van der Waals surface area contributed by atoms with E-state index in [-0.39, 0.29) is 29.3 Å². The van der Waals surface area contributed by atoms with Crippen molar-refractivity contribution in [1.82, 2.24) is 24.4 Å². The second-order valence-electron chi connectivity index (χ2n) is 9.68. The van der Waals surface area contributed by atoms with E-state index in [2.05, 4.69) is 10.4 Å². The van der Waals surface area contributed by atoms with Gasteiger partial charge >= 0.3 is 6.18 Å². The highest BCUT2D eigenvalue weighted by Gasteiger charge is 2.32. The first-order chi connectivity index (χ1) is 16.0. The van der Waals surface area contributed by atoms with E-state index in [0.717, 1.165) is 17.4 Å². The molecule has 1 amide bonds. The molecule has 2 aromatic heterocycles. The fourth-order valence-electron chi connectivity index (χ4n) is 4.35. The maximum atomic E-state index is 13.0. The molecular weight excluding hydrogens is 451 g/mol. The van der Waals surface area contributed by atoms with Gasteiger partial charge in [0, 0.05) is 18.2 Å². The quantitative estimate of drug-likeness (QED) is 0.634. The molecule has 2 fully saturated rings. The van der Waals surface area contributed by atoms with E-state index in [1.165, 1.54) is 15.7 Å². The SMILES string of the molecule is CC(C)Cn1c(O)c(C(=O)NC2CC2)c(=O)n2ncc(C=CC3CCN(CC(F)(F)F)CC3)c12. The number of rotatable bonds is 7. The number of carbonyl (C=O) groups is 1. The topological polar surface area (TPSA) is 91.9 Å². The molecule has 1 aliphatic heterocycles. The Hall–Kier alpha value is -2.82. The molecule has 34 heavy (non-hydrogen) atoms. The number of allylic oxidation sites excluding steroid dienone is 1. The highest BCUT2D eigenvalue weighted by Crippen LogP contribution is 2.27. The maximum Gasteiger partial charge on any atom is 0.401 e. The van der Waals surface area contributed by atoms with Gasteiger partial charge in [-0.05, 0) is 50.6 Å². The summed E-state index contributed by atoms with van der Waals surface area (Å²) >= 11 is 0. The summed E-state index contributed by atoms with van der Waals surface area (Å²) in [5.41, 5.74) is -0.0358. The third kappa shape index (κ3) is 5.45. The van der Waals surface area contributed by atoms with Crippen molar-refractivity contribution in [3.63, 3.8) is 0 Å². The van der Waals surface area contributed by atoms with Gasteiger partial charge in [0.05, 0.1) is 12.7 Å². The Morgan fingerprint density at radius 3 is 2.53 bits per heavy atom. The Balaban J connectivity index is 1.61. The second-order valence-corrected chi connectivity index (χ2v) is 9.68. The zero-order chi connectivity index (χ0) is 24.6. The summed E-state index contributed by atoms with van der Waals surface area (Å²) in [5, 5.41) is 17.9. The van der Waals surface area contributed by atoms with Crippen molar-refractivity contribution in [2.45, 2.75) is 58.3 Å². The number of amides is 1. The molecule has 186 valence electrons.